The van der Waals surface area contributed by atoms with Crippen molar-refractivity contribution in [1.29, 1.82) is 0 Å². The molecule has 7 heteroatoms. The summed E-state index contributed by atoms with van der Waals surface area (Å²) in [4.78, 5) is 4.47. The highest BCUT2D eigenvalue weighted by molar-refractivity contribution is 5.56. The van der Waals surface area contributed by atoms with Crippen molar-refractivity contribution in [2.75, 3.05) is 41.0 Å². The predicted octanol–water partition coefficient (Wildman–Crippen LogP) is 8.21. The van der Waals surface area contributed by atoms with Crippen LogP contribution in [0.1, 0.15) is 106 Å². The number of halogens is 2. The third-order valence-electron chi connectivity index (χ3n) is 8.78. The normalized spacial score (nSPS) is 16.1. The summed E-state index contributed by atoms with van der Waals surface area (Å²) < 4.78 is 41.9. The fourth-order valence-corrected chi connectivity index (χ4v) is 6.57. The first-order valence-corrected chi connectivity index (χ1v) is 15.8. The van der Waals surface area contributed by atoms with Gasteiger partial charge in [-0.3, -0.25) is 9.80 Å². The maximum Gasteiger partial charge on any atom is 0.251 e. The summed E-state index contributed by atoms with van der Waals surface area (Å²) in [5, 5.41) is 0. The molecule has 0 bridgehead atoms. The zero-order valence-corrected chi connectivity index (χ0v) is 27.5. The maximum absolute atomic E-state index is 12.5. The largest absolute Gasteiger partial charge is 0.496 e. The van der Waals surface area contributed by atoms with Gasteiger partial charge in [0.25, 0.3) is 6.43 Å². The van der Waals surface area contributed by atoms with Gasteiger partial charge >= 0.3 is 0 Å². The van der Waals surface area contributed by atoms with E-state index in [4.69, 9.17) is 14.2 Å². The minimum Gasteiger partial charge on any atom is -0.496 e. The first kappa shape index (κ1) is 34.1. The highest BCUT2D eigenvalue weighted by atomic mass is 19.3. The number of nitrogens with zero attached hydrogens (tertiary/aromatic N) is 2. The van der Waals surface area contributed by atoms with Gasteiger partial charge in [0, 0.05) is 43.3 Å². The van der Waals surface area contributed by atoms with E-state index in [1.54, 1.807) is 21.3 Å². The van der Waals surface area contributed by atoms with Gasteiger partial charge in [0.05, 0.1) is 27.9 Å². The monoisotopic (exact) mass is 588 g/mol. The van der Waals surface area contributed by atoms with Gasteiger partial charge in [0.15, 0.2) is 0 Å². The van der Waals surface area contributed by atoms with E-state index in [0.29, 0.717) is 31.0 Å². The lowest BCUT2D eigenvalue weighted by molar-refractivity contribution is 0.0820. The zero-order valence-electron chi connectivity index (χ0n) is 27.5. The lowest BCUT2D eigenvalue weighted by Gasteiger charge is -2.36. The highest BCUT2D eigenvalue weighted by Gasteiger charge is 2.28. The van der Waals surface area contributed by atoms with Crippen LogP contribution in [-0.2, 0) is 25.9 Å². The second kappa shape index (κ2) is 15.9. The van der Waals surface area contributed by atoms with Crippen molar-refractivity contribution < 1.29 is 23.0 Å². The van der Waals surface area contributed by atoms with Crippen LogP contribution in [0.4, 0.5) is 8.78 Å². The van der Waals surface area contributed by atoms with Crippen LogP contribution in [-0.4, -0.2) is 63.2 Å². The van der Waals surface area contributed by atoms with Crippen LogP contribution in [0.2, 0.25) is 0 Å². The molecule has 0 fully saturated rings. The van der Waals surface area contributed by atoms with Gasteiger partial charge in [-0.15, -0.1) is 0 Å². The van der Waals surface area contributed by atoms with Crippen molar-refractivity contribution in [1.82, 2.24) is 9.80 Å². The molecule has 0 saturated carbocycles. The third kappa shape index (κ3) is 8.16. The van der Waals surface area contributed by atoms with Crippen molar-refractivity contribution in [3.8, 4) is 17.2 Å². The summed E-state index contributed by atoms with van der Waals surface area (Å²) >= 11 is 0. The van der Waals surface area contributed by atoms with Crippen molar-refractivity contribution in [3.63, 3.8) is 0 Å². The lowest BCUT2D eigenvalue weighted by atomic mass is 9.89. The van der Waals surface area contributed by atoms with Gasteiger partial charge in [-0.1, -0.05) is 54.0 Å². The van der Waals surface area contributed by atoms with E-state index in [-0.39, 0.29) is 6.54 Å². The Morgan fingerprint density at radius 3 is 2.00 bits per heavy atom. The summed E-state index contributed by atoms with van der Waals surface area (Å²) in [6, 6.07) is 7.12. The molecule has 2 aromatic rings. The first-order chi connectivity index (χ1) is 20.1. The Morgan fingerprint density at radius 1 is 0.786 bits per heavy atom. The number of alkyl halides is 2. The molecular formula is C35H54F2N2O3. The molecule has 0 N–H and O–H groups in total. The van der Waals surface area contributed by atoms with E-state index in [2.05, 4.69) is 64.6 Å². The Labute approximate surface area is 253 Å². The maximum atomic E-state index is 12.5. The molecule has 1 atom stereocenters. The summed E-state index contributed by atoms with van der Waals surface area (Å²) in [5.41, 5.74) is 7.52. The van der Waals surface area contributed by atoms with Crippen molar-refractivity contribution >= 4 is 0 Å². The average molecular weight is 589 g/mol. The fourth-order valence-electron chi connectivity index (χ4n) is 6.57. The minimum absolute atomic E-state index is 0.136. The third-order valence-corrected chi connectivity index (χ3v) is 8.78. The van der Waals surface area contributed by atoms with Crippen molar-refractivity contribution in [2.45, 2.75) is 111 Å². The van der Waals surface area contributed by atoms with Gasteiger partial charge in [-0.2, -0.15) is 0 Å². The number of benzene rings is 2. The second-order valence-electron chi connectivity index (χ2n) is 12.3. The van der Waals surface area contributed by atoms with E-state index in [0.717, 1.165) is 54.3 Å². The van der Waals surface area contributed by atoms with Crippen LogP contribution in [0.5, 0.6) is 17.2 Å². The predicted molar refractivity (Wildman–Crippen MR) is 169 cm³/mol. The molecule has 1 unspecified atom stereocenters. The molecule has 0 aromatic heterocycles. The van der Waals surface area contributed by atoms with E-state index in [1.807, 2.05) is 4.90 Å². The van der Waals surface area contributed by atoms with Crippen molar-refractivity contribution in [3.05, 3.63) is 51.6 Å². The first-order valence-electron chi connectivity index (χ1n) is 15.8. The Hall–Kier alpha value is -2.38. The Bertz CT molecular complexity index is 1150. The van der Waals surface area contributed by atoms with Crippen LogP contribution >= 0.6 is 0 Å². The molecule has 2 aliphatic rings. The topological polar surface area (TPSA) is 34.2 Å². The van der Waals surface area contributed by atoms with Crippen molar-refractivity contribution in [2.24, 2.45) is 0 Å². The molecule has 4 rings (SSSR count). The molecular weight excluding hydrogens is 534 g/mol. The molecule has 2 heterocycles. The van der Waals surface area contributed by atoms with Gasteiger partial charge in [0.1, 0.15) is 17.2 Å². The van der Waals surface area contributed by atoms with E-state index >= 15 is 0 Å². The average Bonchev–Trinajstić information content (AvgIpc) is 2.97. The van der Waals surface area contributed by atoms with E-state index in [9.17, 15) is 8.78 Å². The van der Waals surface area contributed by atoms with Gasteiger partial charge in [-0.05, 0) is 71.9 Å². The molecule has 0 aliphatic carbocycles. The van der Waals surface area contributed by atoms with E-state index in [1.165, 1.54) is 41.5 Å². The van der Waals surface area contributed by atoms with Crippen LogP contribution < -0.4 is 14.2 Å². The molecule has 2 aliphatic heterocycles. The number of hydrogen-bond acceptors (Lipinski definition) is 5. The number of fused-ring (bicyclic) bond motifs is 2. The fraction of sp³-hybridized carbons (Fsp3) is 0.657. The Kier molecular flexibility index (Phi) is 12.9. The van der Waals surface area contributed by atoms with Crippen LogP contribution in [0.25, 0.3) is 0 Å². The second-order valence-corrected chi connectivity index (χ2v) is 12.3. The molecule has 0 spiro atoms. The molecule has 2 aromatic carbocycles. The summed E-state index contributed by atoms with van der Waals surface area (Å²) in [6.45, 7) is 16.5. The Balaban J connectivity index is 0.000000235. The summed E-state index contributed by atoms with van der Waals surface area (Å²) in [7, 11) is 5.24. The molecule has 42 heavy (non-hydrogen) atoms. The highest BCUT2D eigenvalue weighted by Crippen LogP contribution is 2.42. The molecule has 236 valence electrons. The number of ether oxygens (including phenoxy) is 3. The smallest absolute Gasteiger partial charge is 0.251 e. The number of methoxy groups -OCH3 is 3. The van der Waals surface area contributed by atoms with Gasteiger partial charge in [-0.25, -0.2) is 8.78 Å². The van der Waals surface area contributed by atoms with Crippen LogP contribution in [0, 0.1) is 0 Å². The zero-order chi connectivity index (χ0) is 31.0. The molecule has 5 nitrogen and oxygen atoms in total. The molecule has 0 saturated heterocycles. The minimum atomic E-state index is -2.26. The number of rotatable bonds is 11. The standard InChI is InChI=1S/C20H33NO2.C15H21F2NO/c1-7-9-16(8-2)21-11-10-15-12-18(22-5)19(14(3)4)20(23-6)17(15)13-21;1-10(2)13-6-12-8-18(9-15(16)17)5-4-11(12)7-14(13)19-3/h12,14,16H,7-11,13H2,1-6H3;6-7,10,15H,4-5,8-9H2,1-3H3. The summed E-state index contributed by atoms with van der Waals surface area (Å²) in [6.07, 6.45) is 3.39. The number of hydrogen-bond donors (Lipinski definition) is 0. The lowest BCUT2D eigenvalue weighted by Crippen LogP contribution is -2.39. The van der Waals surface area contributed by atoms with E-state index < -0.39 is 6.43 Å². The molecule has 0 radical (unpaired) electrons. The summed E-state index contributed by atoms with van der Waals surface area (Å²) in [5.74, 6) is 3.69. The van der Waals surface area contributed by atoms with Crippen LogP contribution in [0.15, 0.2) is 18.2 Å². The van der Waals surface area contributed by atoms with Crippen LogP contribution in [0.3, 0.4) is 0 Å². The Morgan fingerprint density at radius 2 is 1.45 bits per heavy atom. The van der Waals surface area contributed by atoms with Gasteiger partial charge < -0.3 is 14.2 Å². The van der Waals surface area contributed by atoms with Gasteiger partial charge in [0.2, 0.25) is 0 Å². The SMILES string of the molecule is CCCC(CC)N1CCc2cc(OC)c(C(C)C)c(OC)c2C1.COc1cc2c(cc1C(C)C)CN(CC(F)F)CC2. The molecule has 0 amide bonds. The quantitative estimate of drug-likeness (QED) is 0.264.